The van der Waals surface area contributed by atoms with Gasteiger partial charge in [-0.3, -0.25) is 0 Å². The van der Waals surface area contributed by atoms with Crippen molar-refractivity contribution in [2.45, 2.75) is 31.5 Å². The Labute approximate surface area is 103 Å². The lowest BCUT2D eigenvalue weighted by Crippen LogP contribution is -2.27. The SMILES string of the molecule is N[C@@H](c1ccc(Cl)c(C(F)(F)F)c1)C1CCC1. The lowest BCUT2D eigenvalue weighted by Gasteiger charge is -2.31. The van der Waals surface area contributed by atoms with Crippen LogP contribution < -0.4 is 5.73 Å². The van der Waals surface area contributed by atoms with Crippen LogP contribution in [-0.2, 0) is 6.18 Å². The van der Waals surface area contributed by atoms with E-state index >= 15 is 0 Å². The minimum Gasteiger partial charge on any atom is -0.324 e. The molecule has 1 fully saturated rings. The Morgan fingerprint density at radius 3 is 2.41 bits per heavy atom. The fourth-order valence-electron chi connectivity index (χ4n) is 2.04. The molecular formula is C12H13ClF3N. The van der Waals surface area contributed by atoms with Crippen molar-refractivity contribution in [3.63, 3.8) is 0 Å². The fraction of sp³-hybridized carbons (Fsp3) is 0.500. The molecule has 0 bridgehead atoms. The van der Waals surface area contributed by atoms with E-state index in [0.29, 0.717) is 11.5 Å². The number of nitrogens with two attached hydrogens (primary N) is 1. The molecule has 0 saturated heterocycles. The molecular weight excluding hydrogens is 251 g/mol. The summed E-state index contributed by atoms with van der Waals surface area (Å²) in [6, 6.07) is 3.62. The van der Waals surface area contributed by atoms with Gasteiger partial charge in [0.25, 0.3) is 0 Å². The molecule has 0 aromatic heterocycles. The van der Waals surface area contributed by atoms with Gasteiger partial charge >= 0.3 is 6.18 Å². The van der Waals surface area contributed by atoms with Crippen molar-refractivity contribution in [1.82, 2.24) is 0 Å². The van der Waals surface area contributed by atoms with Gasteiger partial charge in [-0.05, 0) is 36.5 Å². The minimum absolute atomic E-state index is 0.276. The van der Waals surface area contributed by atoms with Gasteiger partial charge in [-0.2, -0.15) is 13.2 Å². The summed E-state index contributed by atoms with van der Waals surface area (Å²) < 4.78 is 38.0. The van der Waals surface area contributed by atoms with Crippen LogP contribution in [0.2, 0.25) is 5.02 Å². The summed E-state index contributed by atoms with van der Waals surface area (Å²) in [7, 11) is 0. The first-order valence-electron chi connectivity index (χ1n) is 5.52. The second-order valence-electron chi connectivity index (χ2n) is 4.45. The smallest absolute Gasteiger partial charge is 0.324 e. The van der Waals surface area contributed by atoms with Crippen molar-refractivity contribution >= 4 is 11.6 Å². The zero-order chi connectivity index (χ0) is 12.6. The normalized spacial score (nSPS) is 18.9. The quantitative estimate of drug-likeness (QED) is 0.852. The first-order valence-corrected chi connectivity index (χ1v) is 5.89. The fourth-order valence-corrected chi connectivity index (χ4v) is 2.26. The Balaban J connectivity index is 2.30. The Bertz CT molecular complexity index is 413. The van der Waals surface area contributed by atoms with E-state index in [9.17, 15) is 13.2 Å². The molecule has 1 aromatic carbocycles. The molecule has 0 unspecified atom stereocenters. The lowest BCUT2D eigenvalue weighted by atomic mass is 9.77. The predicted octanol–water partition coefficient (Wildman–Crippen LogP) is 4.16. The summed E-state index contributed by atoms with van der Waals surface area (Å²) in [5.41, 5.74) is 5.67. The standard InChI is InChI=1S/C12H13ClF3N/c13-10-5-4-8(6-9(10)12(14,15)16)11(17)7-2-1-3-7/h4-7,11H,1-3,17H2/t11-/m1/s1. The number of hydrogen-bond acceptors (Lipinski definition) is 1. The molecule has 5 heteroatoms. The molecule has 1 saturated carbocycles. The average molecular weight is 264 g/mol. The highest BCUT2D eigenvalue weighted by molar-refractivity contribution is 6.31. The Morgan fingerprint density at radius 2 is 1.94 bits per heavy atom. The predicted molar refractivity (Wildman–Crippen MR) is 60.7 cm³/mol. The largest absolute Gasteiger partial charge is 0.417 e. The molecule has 1 aromatic rings. The summed E-state index contributed by atoms with van der Waals surface area (Å²) >= 11 is 5.55. The average Bonchev–Trinajstić information content (AvgIpc) is 2.13. The number of halogens is 4. The van der Waals surface area contributed by atoms with Crippen LogP contribution >= 0.6 is 11.6 Å². The molecule has 1 aliphatic rings. The first-order chi connectivity index (χ1) is 7.89. The molecule has 2 rings (SSSR count). The van der Waals surface area contributed by atoms with Crippen LogP contribution in [-0.4, -0.2) is 0 Å². The van der Waals surface area contributed by atoms with Crippen LogP contribution in [0.5, 0.6) is 0 Å². The molecule has 17 heavy (non-hydrogen) atoms. The van der Waals surface area contributed by atoms with Gasteiger partial charge in [-0.25, -0.2) is 0 Å². The summed E-state index contributed by atoms with van der Waals surface area (Å²) in [6.07, 6.45) is -1.33. The minimum atomic E-state index is -4.42. The maximum absolute atomic E-state index is 12.7. The van der Waals surface area contributed by atoms with E-state index in [1.807, 2.05) is 0 Å². The molecule has 1 atom stereocenters. The van der Waals surface area contributed by atoms with E-state index < -0.39 is 11.7 Å². The number of alkyl halides is 3. The second kappa shape index (κ2) is 4.50. The van der Waals surface area contributed by atoms with Crippen LogP contribution in [0.1, 0.15) is 36.4 Å². The van der Waals surface area contributed by atoms with Crippen LogP contribution in [0.25, 0.3) is 0 Å². The summed E-state index contributed by atoms with van der Waals surface area (Å²) in [5.74, 6) is 0.303. The van der Waals surface area contributed by atoms with Crippen molar-refractivity contribution in [3.05, 3.63) is 34.3 Å². The van der Waals surface area contributed by atoms with Crippen LogP contribution in [0, 0.1) is 5.92 Å². The van der Waals surface area contributed by atoms with E-state index in [0.717, 1.165) is 25.3 Å². The van der Waals surface area contributed by atoms with Crippen LogP contribution in [0.4, 0.5) is 13.2 Å². The third-order valence-electron chi connectivity index (χ3n) is 3.34. The van der Waals surface area contributed by atoms with Gasteiger partial charge in [0, 0.05) is 6.04 Å². The molecule has 1 nitrogen and oxygen atoms in total. The summed E-state index contributed by atoms with van der Waals surface area (Å²) in [5, 5.41) is -0.276. The van der Waals surface area contributed by atoms with Crippen molar-refractivity contribution in [2.24, 2.45) is 11.7 Å². The van der Waals surface area contributed by atoms with E-state index in [2.05, 4.69) is 0 Å². The molecule has 2 N–H and O–H groups in total. The zero-order valence-electron chi connectivity index (χ0n) is 9.10. The van der Waals surface area contributed by atoms with E-state index in [1.54, 1.807) is 6.07 Å². The van der Waals surface area contributed by atoms with Gasteiger partial charge in [0.15, 0.2) is 0 Å². The van der Waals surface area contributed by atoms with Crippen molar-refractivity contribution in [3.8, 4) is 0 Å². The highest BCUT2D eigenvalue weighted by Gasteiger charge is 2.34. The molecule has 0 aliphatic heterocycles. The Kier molecular flexibility index (Phi) is 3.36. The van der Waals surface area contributed by atoms with Gasteiger partial charge < -0.3 is 5.73 Å². The lowest BCUT2D eigenvalue weighted by molar-refractivity contribution is -0.137. The highest BCUT2D eigenvalue weighted by Crippen LogP contribution is 2.40. The Morgan fingerprint density at radius 1 is 1.29 bits per heavy atom. The monoisotopic (exact) mass is 263 g/mol. The third-order valence-corrected chi connectivity index (χ3v) is 3.67. The zero-order valence-corrected chi connectivity index (χ0v) is 9.85. The van der Waals surface area contributed by atoms with Gasteiger partial charge in [-0.15, -0.1) is 0 Å². The van der Waals surface area contributed by atoms with Gasteiger partial charge in [0.2, 0.25) is 0 Å². The second-order valence-corrected chi connectivity index (χ2v) is 4.86. The van der Waals surface area contributed by atoms with E-state index in [-0.39, 0.29) is 11.1 Å². The molecule has 0 radical (unpaired) electrons. The molecule has 0 heterocycles. The number of hydrogen-bond donors (Lipinski definition) is 1. The van der Waals surface area contributed by atoms with E-state index in [1.165, 1.54) is 6.07 Å². The molecule has 1 aliphatic carbocycles. The maximum atomic E-state index is 12.7. The van der Waals surface area contributed by atoms with E-state index in [4.69, 9.17) is 17.3 Å². The Hall–Kier alpha value is -0.740. The topological polar surface area (TPSA) is 26.0 Å². The summed E-state index contributed by atoms with van der Waals surface area (Å²) in [6.45, 7) is 0. The van der Waals surface area contributed by atoms with Crippen LogP contribution in [0.3, 0.4) is 0 Å². The summed E-state index contributed by atoms with van der Waals surface area (Å²) in [4.78, 5) is 0. The first kappa shape index (κ1) is 12.7. The highest BCUT2D eigenvalue weighted by atomic mass is 35.5. The molecule has 0 amide bonds. The maximum Gasteiger partial charge on any atom is 0.417 e. The van der Waals surface area contributed by atoms with Crippen LogP contribution in [0.15, 0.2) is 18.2 Å². The van der Waals surface area contributed by atoms with Crippen molar-refractivity contribution < 1.29 is 13.2 Å². The van der Waals surface area contributed by atoms with Crippen molar-refractivity contribution in [1.29, 1.82) is 0 Å². The van der Waals surface area contributed by atoms with Gasteiger partial charge in [0.1, 0.15) is 0 Å². The number of benzene rings is 1. The van der Waals surface area contributed by atoms with Gasteiger partial charge in [-0.1, -0.05) is 24.1 Å². The molecule has 94 valence electrons. The third kappa shape index (κ3) is 2.58. The van der Waals surface area contributed by atoms with Gasteiger partial charge in [0.05, 0.1) is 10.6 Å². The van der Waals surface area contributed by atoms with Crippen molar-refractivity contribution in [2.75, 3.05) is 0 Å². The number of rotatable bonds is 2. The molecule has 0 spiro atoms.